The first-order valence-electron chi connectivity index (χ1n) is 13.5. The lowest BCUT2D eigenvalue weighted by Gasteiger charge is -2.34. The van der Waals surface area contributed by atoms with Gasteiger partial charge in [-0.3, -0.25) is 0 Å². The van der Waals surface area contributed by atoms with Crippen LogP contribution in [0.25, 0.3) is 11.1 Å². The standard InChI is InChI=1S/C34H44O3/c1-9-34(10-2,28-17-15-25(23(3)21-28)16-20-31(35)33(5,6)7)29-18-19-30(24(4)22-29)26-11-13-27(14-12-26)32(36)37-8/h11-15,17-19,21-22,31,35H,9-10,16,20H2,1-8H3. The van der Waals surface area contributed by atoms with Gasteiger partial charge in [-0.15, -0.1) is 0 Å². The van der Waals surface area contributed by atoms with Gasteiger partial charge in [-0.1, -0.05) is 83.1 Å². The normalized spacial score (nSPS) is 12.9. The topological polar surface area (TPSA) is 46.5 Å². The molecule has 198 valence electrons. The molecule has 0 aromatic heterocycles. The quantitative estimate of drug-likeness (QED) is 0.301. The van der Waals surface area contributed by atoms with E-state index >= 15 is 0 Å². The van der Waals surface area contributed by atoms with Gasteiger partial charge < -0.3 is 9.84 Å². The Morgan fingerprint density at radius 3 is 1.92 bits per heavy atom. The van der Waals surface area contributed by atoms with Gasteiger partial charge in [-0.05, 0) is 96.0 Å². The summed E-state index contributed by atoms with van der Waals surface area (Å²) < 4.78 is 4.83. The Morgan fingerprint density at radius 2 is 1.43 bits per heavy atom. The van der Waals surface area contributed by atoms with E-state index in [-0.39, 0.29) is 22.9 Å². The maximum absolute atomic E-state index is 11.8. The molecule has 0 heterocycles. The molecule has 3 aromatic rings. The van der Waals surface area contributed by atoms with Crippen molar-refractivity contribution in [3.63, 3.8) is 0 Å². The van der Waals surface area contributed by atoms with Crippen molar-refractivity contribution in [2.45, 2.75) is 85.7 Å². The zero-order valence-electron chi connectivity index (χ0n) is 23.9. The fraction of sp³-hybridized carbons (Fsp3) is 0.441. The van der Waals surface area contributed by atoms with Crippen LogP contribution in [0.5, 0.6) is 0 Å². The molecule has 3 nitrogen and oxygen atoms in total. The first kappa shape index (κ1) is 28.7. The van der Waals surface area contributed by atoms with Gasteiger partial charge in [0.05, 0.1) is 18.8 Å². The Balaban J connectivity index is 1.92. The van der Waals surface area contributed by atoms with Crippen molar-refractivity contribution in [1.82, 2.24) is 0 Å². The molecule has 0 saturated carbocycles. The van der Waals surface area contributed by atoms with Crippen LogP contribution < -0.4 is 0 Å². The summed E-state index contributed by atoms with van der Waals surface area (Å²) in [5, 5.41) is 10.5. The van der Waals surface area contributed by atoms with Crippen molar-refractivity contribution in [1.29, 1.82) is 0 Å². The lowest BCUT2D eigenvalue weighted by molar-refractivity contribution is 0.0559. The molecule has 3 rings (SSSR count). The second-order valence-corrected chi connectivity index (χ2v) is 11.4. The van der Waals surface area contributed by atoms with Crippen molar-refractivity contribution in [3.8, 4) is 11.1 Å². The highest BCUT2D eigenvalue weighted by molar-refractivity contribution is 5.90. The zero-order chi connectivity index (χ0) is 27.4. The van der Waals surface area contributed by atoms with E-state index in [9.17, 15) is 9.90 Å². The molecular weight excluding hydrogens is 456 g/mol. The predicted octanol–water partition coefficient (Wildman–Crippen LogP) is 8.20. The minimum absolute atomic E-state index is 0.0632. The third-order valence-electron chi connectivity index (χ3n) is 8.19. The summed E-state index contributed by atoms with van der Waals surface area (Å²) in [6.45, 7) is 15.2. The van der Waals surface area contributed by atoms with E-state index in [4.69, 9.17) is 4.74 Å². The van der Waals surface area contributed by atoms with Crippen LogP contribution in [0.15, 0.2) is 60.7 Å². The summed E-state index contributed by atoms with van der Waals surface area (Å²) in [5.74, 6) is -0.319. The van der Waals surface area contributed by atoms with E-state index in [1.807, 2.05) is 24.3 Å². The maximum Gasteiger partial charge on any atom is 0.337 e. The number of benzene rings is 3. The van der Waals surface area contributed by atoms with Crippen molar-refractivity contribution in [2.24, 2.45) is 5.41 Å². The van der Waals surface area contributed by atoms with Crippen LogP contribution in [0.4, 0.5) is 0 Å². The molecule has 0 amide bonds. The SMILES string of the molecule is CCC(CC)(c1ccc(CCC(O)C(C)(C)C)c(C)c1)c1ccc(-c2ccc(C(=O)OC)cc2)c(C)c1. The number of aliphatic hydroxyl groups is 1. The second kappa shape index (κ2) is 11.6. The van der Waals surface area contributed by atoms with Crippen LogP contribution in [0.1, 0.15) is 92.1 Å². The third kappa shape index (κ3) is 6.15. The van der Waals surface area contributed by atoms with Gasteiger partial charge >= 0.3 is 5.97 Å². The Bertz CT molecular complexity index is 1210. The minimum Gasteiger partial charge on any atom is -0.465 e. The Kier molecular flexibility index (Phi) is 9.02. The molecule has 0 bridgehead atoms. The zero-order valence-corrected chi connectivity index (χ0v) is 23.9. The molecule has 0 spiro atoms. The van der Waals surface area contributed by atoms with Crippen LogP contribution >= 0.6 is 0 Å². The smallest absolute Gasteiger partial charge is 0.337 e. The molecule has 37 heavy (non-hydrogen) atoms. The molecule has 0 saturated heterocycles. The van der Waals surface area contributed by atoms with Crippen LogP contribution in [0, 0.1) is 19.3 Å². The fourth-order valence-corrected chi connectivity index (χ4v) is 5.42. The lowest BCUT2D eigenvalue weighted by Crippen LogP contribution is -2.27. The number of hydrogen-bond donors (Lipinski definition) is 1. The van der Waals surface area contributed by atoms with Gasteiger partial charge in [0.15, 0.2) is 0 Å². The number of rotatable bonds is 9. The third-order valence-corrected chi connectivity index (χ3v) is 8.19. The number of hydrogen-bond acceptors (Lipinski definition) is 3. The summed E-state index contributed by atoms with van der Waals surface area (Å²) in [5.41, 5.74) is 9.18. The monoisotopic (exact) mass is 500 g/mol. The van der Waals surface area contributed by atoms with E-state index in [1.54, 1.807) is 0 Å². The minimum atomic E-state index is -0.319. The molecule has 0 aliphatic rings. The molecule has 1 atom stereocenters. The summed E-state index contributed by atoms with van der Waals surface area (Å²) in [6, 6.07) is 21.4. The molecular formula is C34H44O3. The molecule has 1 N–H and O–H groups in total. The van der Waals surface area contributed by atoms with E-state index in [0.717, 1.165) is 31.2 Å². The average molecular weight is 501 g/mol. The molecule has 0 aliphatic carbocycles. The van der Waals surface area contributed by atoms with E-state index in [1.165, 1.54) is 40.5 Å². The first-order valence-corrected chi connectivity index (χ1v) is 13.5. The van der Waals surface area contributed by atoms with E-state index in [2.05, 4.69) is 84.9 Å². The number of esters is 1. The highest BCUT2D eigenvalue weighted by Crippen LogP contribution is 2.41. The number of aliphatic hydroxyl groups excluding tert-OH is 1. The molecule has 0 aliphatic heterocycles. The van der Waals surface area contributed by atoms with Gasteiger partial charge in [0.2, 0.25) is 0 Å². The van der Waals surface area contributed by atoms with Gasteiger partial charge in [-0.2, -0.15) is 0 Å². The molecule has 1 unspecified atom stereocenters. The van der Waals surface area contributed by atoms with Gasteiger partial charge in [0.1, 0.15) is 0 Å². The lowest BCUT2D eigenvalue weighted by atomic mass is 9.69. The van der Waals surface area contributed by atoms with Gasteiger partial charge in [-0.25, -0.2) is 4.79 Å². The number of aryl methyl sites for hydroxylation is 3. The molecule has 0 fully saturated rings. The fourth-order valence-electron chi connectivity index (χ4n) is 5.42. The summed E-state index contributed by atoms with van der Waals surface area (Å²) >= 11 is 0. The van der Waals surface area contributed by atoms with E-state index < -0.39 is 0 Å². The number of carbonyl (C=O) groups excluding carboxylic acids is 1. The first-order chi connectivity index (χ1) is 17.5. The van der Waals surface area contributed by atoms with Crippen LogP contribution in [-0.4, -0.2) is 24.3 Å². The summed E-state index contributed by atoms with van der Waals surface area (Å²) in [4.78, 5) is 11.8. The van der Waals surface area contributed by atoms with E-state index in [0.29, 0.717) is 5.56 Å². The maximum atomic E-state index is 11.8. The molecule has 3 heteroatoms. The molecule has 0 radical (unpaired) electrons. The van der Waals surface area contributed by atoms with Gasteiger partial charge in [0, 0.05) is 5.41 Å². The average Bonchev–Trinajstić information content (AvgIpc) is 2.88. The number of methoxy groups -OCH3 is 1. The van der Waals surface area contributed by atoms with Crippen molar-refractivity contribution in [2.75, 3.05) is 7.11 Å². The number of carbonyl (C=O) groups is 1. The highest BCUT2D eigenvalue weighted by atomic mass is 16.5. The molecule has 3 aromatic carbocycles. The largest absolute Gasteiger partial charge is 0.465 e. The van der Waals surface area contributed by atoms with Crippen LogP contribution in [0.2, 0.25) is 0 Å². The Hall–Kier alpha value is -2.91. The second-order valence-electron chi connectivity index (χ2n) is 11.4. The van der Waals surface area contributed by atoms with Crippen LogP contribution in [0.3, 0.4) is 0 Å². The van der Waals surface area contributed by atoms with Crippen molar-refractivity contribution >= 4 is 5.97 Å². The van der Waals surface area contributed by atoms with Crippen molar-refractivity contribution in [3.05, 3.63) is 94.0 Å². The summed E-state index contributed by atoms with van der Waals surface area (Å²) in [6.07, 6.45) is 3.38. The predicted molar refractivity (Wildman–Crippen MR) is 154 cm³/mol. The number of ether oxygens (including phenoxy) is 1. The van der Waals surface area contributed by atoms with Crippen LogP contribution in [-0.2, 0) is 16.6 Å². The van der Waals surface area contributed by atoms with Gasteiger partial charge in [0.25, 0.3) is 0 Å². The Labute approximate surface area is 223 Å². The highest BCUT2D eigenvalue weighted by Gasteiger charge is 2.31. The van der Waals surface area contributed by atoms with Crippen molar-refractivity contribution < 1.29 is 14.6 Å². The Morgan fingerprint density at radius 1 is 0.865 bits per heavy atom. The summed E-state index contributed by atoms with van der Waals surface area (Å²) in [7, 11) is 1.40.